The molecule has 0 atom stereocenters. The summed E-state index contributed by atoms with van der Waals surface area (Å²) < 4.78 is 41.5. The first kappa shape index (κ1) is 18.7. The summed E-state index contributed by atoms with van der Waals surface area (Å²) in [6, 6.07) is 4.95. The number of carbonyl (C=O) groups excluding carboxylic acids is 1. The van der Waals surface area contributed by atoms with Crippen LogP contribution >= 0.6 is 0 Å². The summed E-state index contributed by atoms with van der Waals surface area (Å²) in [5, 5.41) is 2.74. The molecule has 0 aliphatic rings. The molecule has 134 valence electrons. The normalized spacial score (nSPS) is 11.2. The zero-order valence-corrected chi connectivity index (χ0v) is 13.9. The van der Waals surface area contributed by atoms with Gasteiger partial charge in [-0.3, -0.25) is 9.78 Å². The fourth-order valence-corrected chi connectivity index (χ4v) is 2.15. The lowest BCUT2D eigenvalue weighted by atomic mass is 10.1. The third-order valence-corrected chi connectivity index (χ3v) is 3.35. The van der Waals surface area contributed by atoms with E-state index in [0.717, 1.165) is 5.69 Å². The molecule has 8 heteroatoms. The molecule has 2 aromatic heterocycles. The molecular weight excluding hydrogens is 335 g/mol. The van der Waals surface area contributed by atoms with Gasteiger partial charge in [-0.2, -0.15) is 13.2 Å². The Kier molecular flexibility index (Phi) is 5.95. The van der Waals surface area contributed by atoms with Crippen LogP contribution in [0.1, 0.15) is 34.1 Å². The maximum absolute atomic E-state index is 12.3. The smallest absolute Gasteiger partial charge is 0.422 e. The zero-order chi connectivity index (χ0) is 18.4. The second kappa shape index (κ2) is 7.96. The van der Waals surface area contributed by atoms with Crippen molar-refractivity contribution in [3.05, 3.63) is 53.0 Å². The van der Waals surface area contributed by atoms with E-state index in [-0.39, 0.29) is 18.3 Å². The van der Waals surface area contributed by atoms with Crippen molar-refractivity contribution in [3.63, 3.8) is 0 Å². The van der Waals surface area contributed by atoms with Gasteiger partial charge >= 0.3 is 6.18 Å². The molecule has 0 saturated carbocycles. The van der Waals surface area contributed by atoms with Crippen LogP contribution in [0.5, 0.6) is 5.88 Å². The number of nitrogens with one attached hydrogen (secondary N) is 1. The lowest BCUT2D eigenvalue weighted by Gasteiger charge is -2.13. The summed E-state index contributed by atoms with van der Waals surface area (Å²) in [6.07, 6.45) is -1.01. The molecule has 2 heterocycles. The van der Waals surface area contributed by atoms with Gasteiger partial charge in [0.1, 0.15) is 0 Å². The highest BCUT2D eigenvalue weighted by Crippen LogP contribution is 2.21. The summed E-state index contributed by atoms with van der Waals surface area (Å²) in [7, 11) is 0. The topological polar surface area (TPSA) is 64.1 Å². The van der Waals surface area contributed by atoms with E-state index in [9.17, 15) is 18.0 Å². The van der Waals surface area contributed by atoms with Crippen LogP contribution in [0.4, 0.5) is 13.2 Å². The van der Waals surface area contributed by atoms with Crippen molar-refractivity contribution >= 4 is 5.91 Å². The quantitative estimate of drug-likeness (QED) is 0.866. The molecule has 0 spiro atoms. The van der Waals surface area contributed by atoms with Crippen molar-refractivity contribution < 1.29 is 22.7 Å². The van der Waals surface area contributed by atoms with Crippen LogP contribution in [-0.2, 0) is 13.0 Å². The molecule has 0 saturated heterocycles. The second-order valence-corrected chi connectivity index (χ2v) is 5.43. The molecule has 25 heavy (non-hydrogen) atoms. The van der Waals surface area contributed by atoms with E-state index in [0.29, 0.717) is 23.1 Å². The van der Waals surface area contributed by atoms with Crippen LogP contribution < -0.4 is 10.1 Å². The number of aryl methyl sites for hydroxylation is 2. The van der Waals surface area contributed by atoms with Crippen LogP contribution in [0.3, 0.4) is 0 Å². The number of halogens is 3. The number of hydrogen-bond acceptors (Lipinski definition) is 4. The largest absolute Gasteiger partial charge is 0.468 e. The molecule has 0 aliphatic carbocycles. The summed E-state index contributed by atoms with van der Waals surface area (Å²) in [6.45, 7) is 2.40. The summed E-state index contributed by atoms with van der Waals surface area (Å²) >= 11 is 0. The monoisotopic (exact) mass is 353 g/mol. The second-order valence-electron chi connectivity index (χ2n) is 5.43. The van der Waals surface area contributed by atoms with Gasteiger partial charge in [0.05, 0.1) is 0 Å². The fourth-order valence-electron chi connectivity index (χ4n) is 2.15. The number of alkyl halides is 3. The van der Waals surface area contributed by atoms with Crippen LogP contribution in [-0.4, -0.2) is 28.7 Å². The van der Waals surface area contributed by atoms with Gasteiger partial charge in [-0.1, -0.05) is 6.92 Å². The molecule has 0 unspecified atom stereocenters. The molecule has 0 fully saturated rings. The predicted molar refractivity (Wildman–Crippen MR) is 85.3 cm³/mol. The van der Waals surface area contributed by atoms with Crippen LogP contribution in [0.15, 0.2) is 30.6 Å². The maximum atomic E-state index is 12.3. The van der Waals surface area contributed by atoms with E-state index in [1.54, 1.807) is 38.2 Å². The highest BCUT2D eigenvalue weighted by molar-refractivity contribution is 5.94. The van der Waals surface area contributed by atoms with E-state index >= 15 is 0 Å². The van der Waals surface area contributed by atoms with Crippen LogP contribution in [0.25, 0.3) is 0 Å². The minimum atomic E-state index is -4.41. The van der Waals surface area contributed by atoms with E-state index in [2.05, 4.69) is 15.3 Å². The number of nitrogens with zero attached hydrogens (tertiary/aromatic N) is 2. The third-order valence-electron chi connectivity index (χ3n) is 3.35. The summed E-state index contributed by atoms with van der Waals surface area (Å²) in [5.74, 6) is -0.305. The Morgan fingerprint density at radius 2 is 2.04 bits per heavy atom. The van der Waals surface area contributed by atoms with E-state index in [4.69, 9.17) is 4.74 Å². The molecule has 2 aromatic rings. The number of hydrogen-bond donors (Lipinski definition) is 1. The first-order valence-corrected chi connectivity index (χ1v) is 7.66. The zero-order valence-electron chi connectivity index (χ0n) is 13.9. The molecular formula is C17H18F3N3O2. The van der Waals surface area contributed by atoms with Gasteiger partial charge < -0.3 is 10.1 Å². The average molecular weight is 353 g/mol. The van der Waals surface area contributed by atoms with Crippen molar-refractivity contribution in [2.45, 2.75) is 33.0 Å². The van der Waals surface area contributed by atoms with Gasteiger partial charge in [-0.25, -0.2) is 4.98 Å². The minimum Gasteiger partial charge on any atom is -0.468 e. The van der Waals surface area contributed by atoms with Crippen molar-refractivity contribution in [3.8, 4) is 5.88 Å². The third kappa shape index (κ3) is 5.74. The van der Waals surface area contributed by atoms with Crippen molar-refractivity contribution in [2.75, 3.05) is 6.61 Å². The van der Waals surface area contributed by atoms with Gasteiger partial charge in [-0.05, 0) is 37.1 Å². The molecule has 5 nitrogen and oxygen atoms in total. The molecule has 0 radical (unpaired) electrons. The van der Waals surface area contributed by atoms with Crippen molar-refractivity contribution in [2.24, 2.45) is 0 Å². The summed E-state index contributed by atoms with van der Waals surface area (Å²) in [5.41, 5.74) is 2.45. The van der Waals surface area contributed by atoms with E-state index in [1.807, 2.05) is 0 Å². The number of rotatable bonds is 6. The Balaban J connectivity index is 2.01. The Morgan fingerprint density at radius 3 is 2.68 bits per heavy atom. The van der Waals surface area contributed by atoms with Crippen molar-refractivity contribution in [1.82, 2.24) is 15.3 Å². The average Bonchev–Trinajstić information content (AvgIpc) is 2.57. The Labute approximate surface area is 143 Å². The van der Waals surface area contributed by atoms with Crippen molar-refractivity contribution in [1.29, 1.82) is 0 Å². The number of amides is 1. The lowest BCUT2D eigenvalue weighted by Crippen LogP contribution is -2.23. The first-order valence-electron chi connectivity index (χ1n) is 7.66. The van der Waals surface area contributed by atoms with Gasteiger partial charge in [0.25, 0.3) is 5.91 Å². The summed E-state index contributed by atoms with van der Waals surface area (Å²) in [4.78, 5) is 20.1. The lowest BCUT2D eigenvalue weighted by molar-refractivity contribution is -0.154. The Bertz CT molecular complexity index is 748. The highest BCUT2D eigenvalue weighted by atomic mass is 19.4. The van der Waals surface area contributed by atoms with Gasteiger partial charge in [0.2, 0.25) is 5.88 Å². The first-order chi connectivity index (χ1) is 11.8. The highest BCUT2D eigenvalue weighted by Gasteiger charge is 2.29. The molecule has 1 amide bonds. The molecule has 0 bridgehead atoms. The minimum absolute atomic E-state index is 0.0420. The number of carbonyl (C=O) groups is 1. The molecule has 2 rings (SSSR count). The SMILES string of the molecule is CCc1cc(CNC(=O)c2ccnc(C)c2)cnc1OCC(F)(F)F. The van der Waals surface area contributed by atoms with Gasteiger partial charge in [0.15, 0.2) is 6.61 Å². The fraction of sp³-hybridized carbons (Fsp3) is 0.353. The van der Waals surface area contributed by atoms with Gasteiger partial charge in [0, 0.05) is 35.8 Å². The molecule has 1 N–H and O–H groups in total. The van der Waals surface area contributed by atoms with E-state index in [1.165, 1.54) is 6.20 Å². The van der Waals surface area contributed by atoms with Gasteiger partial charge in [-0.15, -0.1) is 0 Å². The standard InChI is InChI=1S/C17H18F3N3O2/c1-3-13-7-12(9-23-16(13)25-10-17(18,19)20)8-22-15(24)14-4-5-21-11(2)6-14/h4-7,9H,3,8,10H2,1-2H3,(H,22,24). The number of ether oxygens (including phenoxy) is 1. The predicted octanol–water partition coefficient (Wildman–Crippen LogP) is 3.22. The Morgan fingerprint density at radius 1 is 1.28 bits per heavy atom. The van der Waals surface area contributed by atoms with Crippen LogP contribution in [0.2, 0.25) is 0 Å². The number of pyridine rings is 2. The molecule has 0 aliphatic heterocycles. The number of aromatic nitrogens is 2. The Hall–Kier alpha value is -2.64. The van der Waals surface area contributed by atoms with Crippen LogP contribution in [0, 0.1) is 6.92 Å². The molecule has 0 aromatic carbocycles. The maximum Gasteiger partial charge on any atom is 0.422 e. The van der Waals surface area contributed by atoms with E-state index < -0.39 is 12.8 Å².